The van der Waals surface area contributed by atoms with Gasteiger partial charge in [0.05, 0.1) is 12.3 Å². The third kappa shape index (κ3) is 2.01. The van der Waals surface area contributed by atoms with Gasteiger partial charge in [-0.1, -0.05) is 6.92 Å². The third-order valence-corrected chi connectivity index (χ3v) is 1.98. The largest absolute Gasteiger partial charge is 0.393 e. The van der Waals surface area contributed by atoms with Gasteiger partial charge in [-0.2, -0.15) is 0 Å². The Morgan fingerprint density at radius 2 is 2.08 bits per heavy atom. The summed E-state index contributed by atoms with van der Waals surface area (Å²) in [4.78, 5) is 3.70. The number of aliphatic hydroxyl groups is 1. The molecule has 0 aromatic carbocycles. The van der Waals surface area contributed by atoms with Gasteiger partial charge < -0.3 is 5.11 Å². The molecule has 0 aliphatic rings. The van der Waals surface area contributed by atoms with Gasteiger partial charge in [0.15, 0.2) is 0 Å². The molecule has 0 fully saturated rings. The molecule has 1 aromatic rings. The Hall–Kier alpha value is -0.960. The van der Waals surface area contributed by atoms with E-state index in [0.29, 0.717) is 0 Å². The van der Waals surface area contributed by atoms with Crippen molar-refractivity contribution in [3.63, 3.8) is 0 Å². The van der Waals surface area contributed by atoms with Crippen LogP contribution in [-0.2, 0) is 0 Å². The first-order chi connectivity index (χ1) is 5.61. The topological polar surface area (TPSA) is 33.1 Å². The quantitative estimate of drug-likeness (QED) is 0.731. The molecular formula is C9H12FNO. The van der Waals surface area contributed by atoms with Crippen LogP contribution in [0.25, 0.3) is 0 Å². The number of nitrogens with zero attached hydrogens (tertiary/aromatic N) is 1. The second-order valence-electron chi connectivity index (χ2n) is 2.97. The van der Waals surface area contributed by atoms with E-state index in [1.165, 1.54) is 6.07 Å². The lowest BCUT2D eigenvalue weighted by molar-refractivity contribution is 0.168. The van der Waals surface area contributed by atoms with Crippen molar-refractivity contribution in [1.82, 2.24) is 4.98 Å². The minimum Gasteiger partial charge on any atom is -0.393 e. The smallest absolute Gasteiger partial charge is 0.141 e. The zero-order valence-corrected chi connectivity index (χ0v) is 7.16. The second kappa shape index (κ2) is 3.63. The summed E-state index contributed by atoms with van der Waals surface area (Å²) in [5.41, 5.74) is 0.727. The van der Waals surface area contributed by atoms with Crippen LogP contribution < -0.4 is 0 Å². The maximum Gasteiger partial charge on any atom is 0.141 e. The van der Waals surface area contributed by atoms with E-state index in [4.69, 9.17) is 0 Å². The number of halogens is 1. The lowest BCUT2D eigenvalue weighted by atomic mass is 9.98. The van der Waals surface area contributed by atoms with Crippen molar-refractivity contribution in [1.29, 1.82) is 0 Å². The molecule has 1 heterocycles. The van der Waals surface area contributed by atoms with E-state index in [9.17, 15) is 9.50 Å². The van der Waals surface area contributed by atoms with Gasteiger partial charge in [-0.3, -0.25) is 4.98 Å². The first-order valence-electron chi connectivity index (χ1n) is 3.89. The fourth-order valence-corrected chi connectivity index (χ4v) is 0.956. The Balaban J connectivity index is 2.88. The van der Waals surface area contributed by atoms with Crippen molar-refractivity contribution in [2.45, 2.75) is 25.9 Å². The maximum atomic E-state index is 12.6. The summed E-state index contributed by atoms with van der Waals surface area (Å²) >= 11 is 0. The van der Waals surface area contributed by atoms with Gasteiger partial charge in [0.1, 0.15) is 5.82 Å². The predicted molar refractivity (Wildman–Crippen MR) is 44.3 cm³/mol. The van der Waals surface area contributed by atoms with Gasteiger partial charge in [-0.15, -0.1) is 0 Å². The maximum absolute atomic E-state index is 12.6. The van der Waals surface area contributed by atoms with Crippen LogP contribution in [0.1, 0.15) is 25.3 Å². The summed E-state index contributed by atoms with van der Waals surface area (Å²) < 4.78 is 12.6. The fourth-order valence-electron chi connectivity index (χ4n) is 0.956. The SMILES string of the molecule is CC(O)C(C)c1cncc(F)c1. The molecule has 1 N–H and O–H groups in total. The van der Waals surface area contributed by atoms with Crippen molar-refractivity contribution >= 4 is 0 Å². The standard InChI is InChI=1S/C9H12FNO/c1-6(7(2)12)8-3-9(10)5-11-4-8/h3-7,12H,1-2H3. The minimum atomic E-state index is -0.478. The van der Waals surface area contributed by atoms with Crippen LogP contribution in [0.2, 0.25) is 0 Å². The molecule has 66 valence electrons. The Morgan fingerprint density at radius 3 is 2.58 bits per heavy atom. The fraction of sp³-hybridized carbons (Fsp3) is 0.444. The van der Waals surface area contributed by atoms with E-state index in [1.54, 1.807) is 13.1 Å². The molecule has 1 aromatic heterocycles. The molecule has 0 aliphatic heterocycles. The van der Waals surface area contributed by atoms with E-state index in [-0.39, 0.29) is 11.7 Å². The summed E-state index contributed by atoms with van der Waals surface area (Å²) in [5, 5.41) is 9.21. The Bertz CT molecular complexity index is 262. The molecule has 12 heavy (non-hydrogen) atoms. The van der Waals surface area contributed by atoms with E-state index in [1.807, 2.05) is 6.92 Å². The van der Waals surface area contributed by atoms with Crippen molar-refractivity contribution in [2.75, 3.05) is 0 Å². The number of hydrogen-bond donors (Lipinski definition) is 1. The number of rotatable bonds is 2. The average Bonchev–Trinajstić information content (AvgIpc) is 2.03. The average molecular weight is 169 g/mol. The second-order valence-corrected chi connectivity index (χ2v) is 2.97. The summed E-state index contributed by atoms with van der Waals surface area (Å²) in [7, 11) is 0. The monoisotopic (exact) mass is 169 g/mol. The molecule has 1 rings (SSSR count). The highest BCUT2D eigenvalue weighted by Crippen LogP contribution is 2.18. The van der Waals surface area contributed by atoms with Crippen LogP contribution in [0.5, 0.6) is 0 Å². The van der Waals surface area contributed by atoms with Crippen LogP contribution >= 0.6 is 0 Å². The molecule has 2 atom stereocenters. The van der Waals surface area contributed by atoms with E-state index in [0.717, 1.165) is 11.8 Å². The van der Waals surface area contributed by atoms with E-state index in [2.05, 4.69) is 4.98 Å². The first kappa shape index (κ1) is 9.13. The van der Waals surface area contributed by atoms with Gasteiger partial charge in [-0.05, 0) is 18.6 Å². The lowest BCUT2D eigenvalue weighted by Gasteiger charge is -2.13. The van der Waals surface area contributed by atoms with Gasteiger partial charge in [0.25, 0.3) is 0 Å². The van der Waals surface area contributed by atoms with Gasteiger partial charge in [-0.25, -0.2) is 4.39 Å². The van der Waals surface area contributed by atoms with E-state index >= 15 is 0 Å². The molecule has 0 radical (unpaired) electrons. The van der Waals surface area contributed by atoms with Crippen LogP contribution in [0, 0.1) is 5.82 Å². The van der Waals surface area contributed by atoms with Crippen molar-refractivity contribution in [3.8, 4) is 0 Å². The zero-order chi connectivity index (χ0) is 9.14. The Labute approximate surface area is 71.1 Å². The lowest BCUT2D eigenvalue weighted by Crippen LogP contribution is -2.11. The number of aromatic nitrogens is 1. The Morgan fingerprint density at radius 1 is 1.42 bits per heavy atom. The summed E-state index contributed by atoms with van der Waals surface area (Å²) in [6.45, 7) is 3.51. The molecule has 0 amide bonds. The number of pyridine rings is 1. The van der Waals surface area contributed by atoms with Gasteiger partial charge in [0.2, 0.25) is 0 Å². The van der Waals surface area contributed by atoms with Crippen LogP contribution in [0.3, 0.4) is 0 Å². The highest BCUT2D eigenvalue weighted by Gasteiger charge is 2.11. The van der Waals surface area contributed by atoms with Gasteiger partial charge >= 0.3 is 0 Å². The number of hydrogen-bond acceptors (Lipinski definition) is 2. The molecule has 0 saturated heterocycles. The summed E-state index contributed by atoms with van der Waals surface area (Å²) in [6, 6.07) is 1.39. The highest BCUT2D eigenvalue weighted by atomic mass is 19.1. The molecule has 0 aliphatic carbocycles. The van der Waals surface area contributed by atoms with Gasteiger partial charge in [0, 0.05) is 12.1 Å². The highest BCUT2D eigenvalue weighted by molar-refractivity contribution is 5.15. The van der Waals surface area contributed by atoms with Crippen LogP contribution in [-0.4, -0.2) is 16.2 Å². The van der Waals surface area contributed by atoms with E-state index < -0.39 is 6.10 Å². The summed E-state index contributed by atoms with van der Waals surface area (Å²) in [5.74, 6) is -0.437. The first-order valence-corrected chi connectivity index (χ1v) is 3.89. The molecule has 0 bridgehead atoms. The van der Waals surface area contributed by atoms with Crippen molar-refractivity contribution in [2.24, 2.45) is 0 Å². The predicted octanol–water partition coefficient (Wildman–Crippen LogP) is 1.70. The summed E-state index contributed by atoms with van der Waals surface area (Å²) in [6.07, 6.45) is 2.24. The van der Waals surface area contributed by atoms with Crippen LogP contribution in [0.15, 0.2) is 18.5 Å². The van der Waals surface area contributed by atoms with Crippen molar-refractivity contribution in [3.05, 3.63) is 29.8 Å². The zero-order valence-electron chi connectivity index (χ0n) is 7.16. The number of aliphatic hydroxyl groups excluding tert-OH is 1. The molecule has 2 unspecified atom stereocenters. The third-order valence-electron chi connectivity index (χ3n) is 1.98. The molecule has 0 spiro atoms. The molecule has 2 nitrogen and oxygen atoms in total. The molecule has 3 heteroatoms. The van der Waals surface area contributed by atoms with Crippen LogP contribution in [0.4, 0.5) is 4.39 Å². The molecular weight excluding hydrogens is 157 g/mol. The molecule has 0 saturated carbocycles. The normalized spacial score (nSPS) is 15.7. The minimum absolute atomic E-state index is 0.0757. The van der Waals surface area contributed by atoms with Crippen molar-refractivity contribution < 1.29 is 9.50 Å². The Kier molecular flexibility index (Phi) is 2.76.